The van der Waals surface area contributed by atoms with Gasteiger partial charge in [0.05, 0.1) is 0 Å². The maximum atomic E-state index is 3.62. The van der Waals surface area contributed by atoms with Crippen molar-refractivity contribution in [2.24, 2.45) is 0 Å². The van der Waals surface area contributed by atoms with Gasteiger partial charge in [0.25, 0.3) is 0 Å². The molecule has 1 nitrogen and oxygen atoms in total. The van der Waals surface area contributed by atoms with Crippen LogP contribution in [0.4, 0.5) is 11.4 Å². The van der Waals surface area contributed by atoms with Crippen molar-refractivity contribution >= 4 is 11.4 Å². The number of benzene rings is 5. The highest BCUT2D eigenvalue weighted by Crippen LogP contribution is 2.32. The first-order valence-corrected chi connectivity index (χ1v) is 12.0. The molecule has 5 aromatic carbocycles. The standard InChI is InChI=1S/C33H27N/c1-23-6-2-7-25(18-23)26-8-3-9-27(19-26)28-10-4-12-32(21-28)34-33-13-5-11-29(22-33)31-17-15-24-14-16-30(24)20-31/h2-13,15,17-22,34H,14,16H2,1H3. The van der Waals surface area contributed by atoms with E-state index >= 15 is 0 Å². The van der Waals surface area contributed by atoms with Crippen molar-refractivity contribution in [2.75, 3.05) is 5.32 Å². The zero-order valence-corrected chi connectivity index (χ0v) is 19.4. The number of anilines is 2. The molecule has 0 saturated heterocycles. The quantitative estimate of drug-likeness (QED) is 0.289. The van der Waals surface area contributed by atoms with E-state index in [0.29, 0.717) is 0 Å². The summed E-state index contributed by atoms with van der Waals surface area (Å²) in [6, 6.07) is 41.7. The van der Waals surface area contributed by atoms with E-state index in [-0.39, 0.29) is 0 Å². The monoisotopic (exact) mass is 437 g/mol. The summed E-state index contributed by atoms with van der Waals surface area (Å²) in [5.41, 5.74) is 13.9. The zero-order valence-electron chi connectivity index (χ0n) is 19.4. The Kier molecular flexibility index (Phi) is 5.24. The Hall–Kier alpha value is -4.10. The topological polar surface area (TPSA) is 12.0 Å². The molecule has 0 amide bonds. The van der Waals surface area contributed by atoms with Gasteiger partial charge in [-0.05, 0) is 94.6 Å². The lowest BCUT2D eigenvalue weighted by Gasteiger charge is -2.19. The molecule has 5 aromatic rings. The van der Waals surface area contributed by atoms with E-state index in [1.165, 1.54) is 62.9 Å². The van der Waals surface area contributed by atoms with E-state index in [9.17, 15) is 0 Å². The van der Waals surface area contributed by atoms with Crippen molar-refractivity contribution in [1.82, 2.24) is 0 Å². The summed E-state index contributed by atoms with van der Waals surface area (Å²) in [4.78, 5) is 0. The van der Waals surface area contributed by atoms with E-state index in [0.717, 1.165) is 11.4 Å². The molecular formula is C33H27N. The van der Waals surface area contributed by atoms with Gasteiger partial charge in [-0.15, -0.1) is 0 Å². The summed E-state index contributed by atoms with van der Waals surface area (Å²) in [6.07, 6.45) is 2.43. The van der Waals surface area contributed by atoms with Gasteiger partial charge in [-0.25, -0.2) is 0 Å². The van der Waals surface area contributed by atoms with Crippen LogP contribution in [0.5, 0.6) is 0 Å². The van der Waals surface area contributed by atoms with Gasteiger partial charge in [0.15, 0.2) is 0 Å². The fourth-order valence-electron chi connectivity index (χ4n) is 4.80. The normalized spacial score (nSPS) is 12.0. The van der Waals surface area contributed by atoms with E-state index in [1.807, 2.05) is 0 Å². The number of hydrogen-bond acceptors (Lipinski definition) is 1. The van der Waals surface area contributed by atoms with Crippen LogP contribution in [0.1, 0.15) is 16.7 Å². The summed E-state index contributed by atoms with van der Waals surface area (Å²) in [6.45, 7) is 2.14. The van der Waals surface area contributed by atoms with Gasteiger partial charge < -0.3 is 5.32 Å². The van der Waals surface area contributed by atoms with Crippen LogP contribution in [-0.4, -0.2) is 0 Å². The third kappa shape index (κ3) is 4.13. The smallest absolute Gasteiger partial charge is 0.0390 e. The lowest BCUT2D eigenvalue weighted by Crippen LogP contribution is -2.07. The van der Waals surface area contributed by atoms with Gasteiger partial charge in [-0.1, -0.05) is 90.5 Å². The van der Waals surface area contributed by atoms with E-state index in [4.69, 9.17) is 0 Å². The first kappa shape index (κ1) is 20.5. The Labute approximate surface area is 201 Å². The Balaban J connectivity index is 1.27. The molecular weight excluding hydrogens is 410 g/mol. The molecule has 0 aliphatic heterocycles. The maximum absolute atomic E-state index is 3.62. The van der Waals surface area contributed by atoms with Gasteiger partial charge in [-0.3, -0.25) is 0 Å². The molecule has 0 saturated carbocycles. The molecule has 0 spiro atoms. The number of fused-ring (bicyclic) bond motifs is 1. The number of aryl methyl sites for hydroxylation is 3. The Morgan fingerprint density at radius 3 is 1.50 bits per heavy atom. The first-order valence-electron chi connectivity index (χ1n) is 12.0. The Bertz CT molecular complexity index is 1490. The molecule has 1 heteroatoms. The van der Waals surface area contributed by atoms with Gasteiger partial charge >= 0.3 is 0 Å². The minimum Gasteiger partial charge on any atom is -0.355 e. The summed E-state index contributed by atoms with van der Waals surface area (Å²) in [5.74, 6) is 0. The van der Waals surface area contributed by atoms with E-state index in [2.05, 4.69) is 128 Å². The lowest BCUT2D eigenvalue weighted by atomic mass is 9.86. The summed E-state index contributed by atoms with van der Waals surface area (Å²) in [5, 5.41) is 3.62. The van der Waals surface area contributed by atoms with Gasteiger partial charge in [0.1, 0.15) is 0 Å². The highest BCUT2D eigenvalue weighted by atomic mass is 14.9. The molecule has 1 N–H and O–H groups in total. The summed E-state index contributed by atoms with van der Waals surface area (Å²) in [7, 11) is 0. The van der Waals surface area contributed by atoms with Crippen molar-refractivity contribution in [3.8, 4) is 33.4 Å². The molecule has 0 atom stereocenters. The molecule has 1 aliphatic rings. The van der Waals surface area contributed by atoms with E-state index in [1.54, 1.807) is 0 Å². The maximum Gasteiger partial charge on any atom is 0.0390 e. The number of hydrogen-bond donors (Lipinski definition) is 1. The third-order valence-electron chi connectivity index (χ3n) is 6.76. The second-order valence-electron chi connectivity index (χ2n) is 9.22. The van der Waals surface area contributed by atoms with Gasteiger partial charge in [0.2, 0.25) is 0 Å². The average molecular weight is 438 g/mol. The molecule has 6 rings (SSSR count). The Morgan fingerprint density at radius 1 is 0.441 bits per heavy atom. The predicted octanol–water partition coefficient (Wildman–Crippen LogP) is 8.84. The van der Waals surface area contributed by atoms with Crippen LogP contribution in [0, 0.1) is 6.92 Å². The summed E-state index contributed by atoms with van der Waals surface area (Å²) < 4.78 is 0. The molecule has 1 aliphatic carbocycles. The van der Waals surface area contributed by atoms with Crippen LogP contribution in [-0.2, 0) is 12.8 Å². The molecule has 0 fully saturated rings. The fourth-order valence-corrected chi connectivity index (χ4v) is 4.80. The minimum atomic E-state index is 1.09. The van der Waals surface area contributed by atoms with E-state index < -0.39 is 0 Å². The van der Waals surface area contributed by atoms with Crippen LogP contribution >= 0.6 is 0 Å². The van der Waals surface area contributed by atoms with Crippen LogP contribution < -0.4 is 5.32 Å². The van der Waals surface area contributed by atoms with Crippen LogP contribution in [0.3, 0.4) is 0 Å². The molecule has 164 valence electrons. The summed E-state index contributed by atoms with van der Waals surface area (Å²) >= 11 is 0. The van der Waals surface area contributed by atoms with Crippen molar-refractivity contribution in [3.05, 3.63) is 132 Å². The molecule has 0 unspecified atom stereocenters. The first-order chi connectivity index (χ1) is 16.7. The van der Waals surface area contributed by atoms with Gasteiger partial charge in [-0.2, -0.15) is 0 Å². The zero-order chi connectivity index (χ0) is 22.9. The van der Waals surface area contributed by atoms with Crippen molar-refractivity contribution in [2.45, 2.75) is 19.8 Å². The lowest BCUT2D eigenvalue weighted by molar-refractivity contribution is 0.840. The van der Waals surface area contributed by atoms with Crippen LogP contribution in [0.25, 0.3) is 33.4 Å². The SMILES string of the molecule is Cc1cccc(-c2cccc(-c3cccc(Nc4cccc(-c5ccc6c(c5)CC6)c4)c3)c2)c1. The second kappa shape index (κ2) is 8.68. The highest BCUT2D eigenvalue weighted by Gasteiger charge is 2.13. The van der Waals surface area contributed by atoms with Crippen molar-refractivity contribution in [3.63, 3.8) is 0 Å². The molecule has 0 radical (unpaired) electrons. The molecule has 0 bridgehead atoms. The molecule has 34 heavy (non-hydrogen) atoms. The van der Waals surface area contributed by atoms with Crippen LogP contribution in [0.2, 0.25) is 0 Å². The Morgan fingerprint density at radius 2 is 0.941 bits per heavy atom. The fraction of sp³-hybridized carbons (Fsp3) is 0.0909. The third-order valence-corrected chi connectivity index (χ3v) is 6.76. The number of rotatable bonds is 5. The highest BCUT2D eigenvalue weighted by molar-refractivity contribution is 5.77. The second-order valence-corrected chi connectivity index (χ2v) is 9.22. The largest absolute Gasteiger partial charge is 0.355 e. The number of nitrogens with one attached hydrogen (secondary N) is 1. The van der Waals surface area contributed by atoms with Gasteiger partial charge in [0, 0.05) is 11.4 Å². The molecule has 0 heterocycles. The predicted molar refractivity (Wildman–Crippen MR) is 145 cm³/mol. The van der Waals surface area contributed by atoms with Crippen LogP contribution in [0.15, 0.2) is 115 Å². The van der Waals surface area contributed by atoms with Crippen molar-refractivity contribution in [1.29, 1.82) is 0 Å². The average Bonchev–Trinajstić information content (AvgIpc) is 2.85. The molecule has 0 aromatic heterocycles. The minimum absolute atomic E-state index is 1.09. The van der Waals surface area contributed by atoms with Crippen molar-refractivity contribution < 1.29 is 0 Å².